The number of pyridine rings is 1. The lowest BCUT2D eigenvalue weighted by molar-refractivity contribution is 0.400. The van der Waals surface area contributed by atoms with Gasteiger partial charge < -0.3 is 15.5 Å². The van der Waals surface area contributed by atoms with Crippen LogP contribution in [0.5, 0.6) is 0 Å². The highest BCUT2D eigenvalue weighted by molar-refractivity contribution is 14.0. The van der Waals surface area contributed by atoms with Crippen molar-refractivity contribution in [3.05, 3.63) is 24.5 Å². The van der Waals surface area contributed by atoms with E-state index in [2.05, 4.69) is 37.6 Å². The van der Waals surface area contributed by atoms with Crippen LogP contribution in [0.1, 0.15) is 19.3 Å². The molecule has 0 unspecified atom stereocenters. The van der Waals surface area contributed by atoms with Crippen LogP contribution in [0.4, 0.5) is 5.69 Å². The Hall–Kier alpha value is -1.05. The number of halogens is 1. The quantitative estimate of drug-likeness (QED) is 0.760. The maximum atomic E-state index is 4.45. The third-order valence-corrected chi connectivity index (χ3v) is 4.10. The molecule has 0 atom stereocenters. The first-order valence-corrected chi connectivity index (χ1v) is 7.59. The van der Waals surface area contributed by atoms with E-state index >= 15 is 0 Å². The second-order valence-corrected chi connectivity index (χ2v) is 5.53. The lowest BCUT2D eigenvalue weighted by atomic mass is 9.96. The Labute approximate surface area is 143 Å². The minimum atomic E-state index is 0. The van der Waals surface area contributed by atoms with Crippen molar-refractivity contribution in [3.63, 3.8) is 0 Å². The van der Waals surface area contributed by atoms with Crippen molar-refractivity contribution in [1.82, 2.24) is 15.6 Å². The van der Waals surface area contributed by atoms with E-state index in [9.17, 15) is 0 Å². The number of piperidine rings is 1. The predicted molar refractivity (Wildman–Crippen MR) is 97.5 cm³/mol. The minimum absolute atomic E-state index is 0. The molecule has 0 aromatic carbocycles. The summed E-state index contributed by atoms with van der Waals surface area (Å²) in [5.74, 6) is 1.74. The molecule has 1 saturated heterocycles. The fraction of sp³-hybridized carbons (Fsp3) is 0.600. The number of guanidine groups is 1. The number of hydrogen-bond acceptors (Lipinski definition) is 5. The third-order valence-electron chi connectivity index (χ3n) is 4.10. The number of hydrogen-bond donors (Lipinski definition) is 2. The van der Waals surface area contributed by atoms with Gasteiger partial charge in [0.05, 0.1) is 0 Å². The summed E-state index contributed by atoms with van der Waals surface area (Å²) in [6.07, 6.45) is 7.37. The summed E-state index contributed by atoms with van der Waals surface area (Å²) in [6.45, 7) is 5.31. The van der Waals surface area contributed by atoms with Crippen molar-refractivity contribution in [3.8, 4) is 0 Å². The van der Waals surface area contributed by atoms with E-state index in [-0.39, 0.29) is 24.0 Å². The van der Waals surface area contributed by atoms with Crippen molar-refractivity contribution in [2.45, 2.75) is 19.3 Å². The highest BCUT2D eigenvalue weighted by Crippen LogP contribution is 2.22. The predicted octanol–water partition coefficient (Wildman–Crippen LogP) is 1.85. The number of aliphatic imine (C=N–C) groups is 1. The molecular weight excluding hydrogens is 377 g/mol. The fourth-order valence-electron chi connectivity index (χ4n) is 2.84. The third kappa shape index (κ3) is 4.72. The van der Waals surface area contributed by atoms with Crippen molar-refractivity contribution < 1.29 is 0 Å². The molecule has 21 heavy (non-hydrogen) atoms. The van der Waals surface area contributed by atoms with E-state index < -0.39 is 0 Å². The molecule has 1 fully saturated rings. The van der Waals surface area contributed by atoms with Gasteiger partial charge in [-0.1, -0.05) is 0 Å². The largest absolute Gasteiger partial charge is 0.371 e. The second kappa shape index (κ2) is 8.41. The van der Waals surface area contributed by atoms with Crippen LogP contribution in [0.2, 0.25) is 0 Å². The fourth-order valence-corrected chi connectivity index (χ4v) is 2.84. The Morgan fingerprint density at radius 3 is 2.67 bits per heavy atom. The highest BCUT2D eigenvalue weighted by Gasteiger charge is 2.19. The molecule has 0 saturated carbocycles. The molecule has 0 aliphatic carbocycles. The monoisotopic (exact) mass is 401 g/mol. The lowest BCUT2D eigenvalue weighted by Crippen LogP contribution is -2.44. The molecule has 3 rings (SSSR count). The van der Waals surface area contributed by atoms with Crippen LogP contribution in [0, 0.1) is 5.92 Å². The van der Waals surface area contributed by atoms with Gasteiger partial charge in [0.15, 0.2) is 5.96 Å². The van der Waals surface area contributed by atoms with Gasteiger partial charge in [-0.2, -0.15) is 0 Å². The van der Waals surface area contributed by atoms with Crippen LogP contribution in [0.15, 0.2) is 29.5 Å². The summed E-state index contributed by atoms with van der Waals surface area (Å²) < 4.78 is 0. The van der Waals surface area contributed by atoms with Gasteiger partial charge in [0.2, 0.25) is 0 Å². The first kappa shape index (κ1) is 16.3. The maximum Gasteiger partial charge on any atom is 0.191 e. The summed E-state index contributed by atoms with van der Waals surface area (Å²) in [6, 6.07) is 4.19. The minimum Gasteiger partial charge on any atom is -0.371 e. The Kier molecular flexibility index (Phi) is 6.53. The number of nitrogens with one attached hydrogen (secondary N) is 2. The van der Waals surface area contributed by atoms with E-state index in [1.54, 1.807) is 0 Å². The van der Waals surface area contributed by atoms with Crippen LogP contribution >= 0.6 is 24.0 Å². The summed E-state index contributed by atoms with van der Waals surface area (Å²) in [4.78, 5) is 11.0. The molecule has 1 aromatic rings. The zero-order chi connectivity index (χ0) is 13.6. The van der Waals surface area contributed by atoms with Crippen molar-refractivity contribution in [1.29, 1.82) is 0 Å². The van der Waals surface area contributed by atoms with Gasteiger partial charge in [-0.25, -0.2) is 0 Å². The molecule has 2 aliphatic rings. The summed E-state index contributed by atoms with van der Waals surface area (Å²) in [5, 5.41) is 6.77. The highest BCUT2D eigenvalue weighted by atomic mass is 127. The zero-order valence-corrected chi connectivity index (χ0v) is 14.6. The molecule has 5 nitrogen and oxygen atoms in total. The van der Waals surface area contributed by atoms with E-state index in [1.165, 1.54) is 18.5 Å². The molecule has 0 amide bonds. The van der Waals surface area contributed by atoms with Gasteiger partial charge in [-0.3, -0.25) is 9.98 Å². The van der Waals surface area contributed by atoms with Crippen LogP contribution in [0.3, 0.4) is 0 Å². The smallest absolute Gasteiger partial charge is 0.191 e. The first-order valence-electron chi connectivity index (χ1n) is 7.59. The van der Waals surface area contributed by atoms with Gasteiger partial charge in [-0.15, -0.1) is 24.0 Å². The van der Waals surface area contributed by atoms with Gasteiger partial charge in [0.25, 0.3) is 0 Å². The summed E-state index contributed by atoms with van der Waals surface area (Å²) >= 11 is 0. The Morgan fingerprint density at radius 1 is 1.24 bits per heavy atom. The van der Waals surface area contributed by atoms with E-state index in [1.807, 2.05) is 12.4 Å². The van der Waals surface area contributed by atoms with Crippen molar-refractivity contribution in [2.75, 3.05) is 37.6 Å². The molecule has 3 heterocycles. The van der Waals surface area contributed by atoms with Crippen LogP contribution in [0.25, 0.3) is 0 Å². The van der Waals surface area contributed by atoms with Crippen molar-refractivity contribution in [2.24, 2.45) is 10.9 Å². The van der Waals surface area contributed by atoms with Gasteiger partial charge in [0.1, 0.15) is 0 Å². The standard InChI is InChI=1S/C15H23N5.HI/c1-6-17-15(18-7-1)19-12-13-4-10-20(11-5-13)14-2-8-16-9-3-14;/h2-3,8-9,13H,1,4-7,10-12H2,(H2,17,18,19);1H. The number of anilines is 1. The van der Waals surface area contributed by atoms with Gasteiger partial charge in [-0.05, 0) is 37.3 Å². The SMILES string of the molecule is I.c1cc(N2CCC(CNC3=NCCCN3)CC2)ccn1. The number of rotatable bonds is 3. The van der Waals surface area contributed by atoms with Crippen LogP contribution < -0.4 is 15.5 Å². The zero-order valence-electron chi connectivity index (χ0n) is 12.3. The summed E-state index contributed by atoms with van der Waals surface area (Å²) in [5.41, 5.74) is 1.30. The normalized spacial score (nSPS) is 19.2. The topological polar surface area (TPSA) is 52.5 Å². The molecule has 2 aliphatic heterocycles. The Bertz CT molecular complexity index is 443. The second-order valence-electron chi connectivity index (χ2n) is 5.53. The molecule has 0 spiro atoms. The lowest BCUT2D eigenvalue weighted by Gasteiger charge is -2.34. The average Bonchev–Trinajstić information content (AvgIpc) is 2.55. The molecule has 1 aromatic heterocycles. The van der Waals surface area contributed by atoms with Gasteiger partial charge in [0, 0.05) is 50.8 Å². The Morgan fingerprint density at radius 2 is 2.00 bits per heavy atom. The molecule has 2 N–H and O–H groups in total. The van der Waals surface area contributed by atoms with Crippen LogP contribution in [-0.4, -0.2) is 43.7 Å². The Balaban J connectivity index is 0.00000161. The first-order chi connectivity index (χ1) is 9.92. The molecule has 0 radical (unpaired) electrons. The van der Waals surface area contributed by atoms with Crippen molar-refractivity contribution >= 4 is 35.6 Å². The molecule has 6 heteroatoms. The van der Waals surface area contributed by atoms with E-state index in [0.717, 1.165) is 51.0 Å². The van der Waals surface area contributed by atoms with Gasteiger partial charge >= 0.3 is 0 Å². The number of nitrogens with zero attached hydrogens (tertiary/aromatic N) is 3. The molecule has 0 bridgehead atoms. The van der Waals surface area contributed by atoms with E-state index in [0.29, 0.717) is 0 Å². The summed E-state index contributed by atoms with van der Waals surface area (Å²) in [7, 11) is 0. The maximum absolute atomic E-state index is 4.45. The van der Waals surface area contributed by atoms with E-state index in [4.69, 9.17) is 0 Å². The molecular formula is C15H24IN5. The molecule has 116 valence electrons. The number of aromatic nitrogens is 1. The van der Waals surface area contributed by atoms with Crippen LogP contribution in [-0.2, 0) is 0 Å². The average molecular weight is 401 g/mol.